The Balaban J connectivity index is 0.000000159. The van der Waals surface area contributed by atoms with E-state index in [9.17, 15) is 19.8 Å². The lowest BCUT2D eigenvalue weighted by Crippen LogP contribution is -2.34. The highest BCUT2D eigenvalue weighted by molar-refractivity contribution is 6.09. The minimum atomic E-state index is -0.654. The van der Waals surface area contributed by atoms with Gasteiger partial charge in [0.25, 0.3) is 0 Å². The molecule has 0 saturated carbocycles. The van der Waals surface area contributed by atoms with Gasteiger partial charge < -0.3 is 24.4 Å². The van der Waals surface area contributed by atoms with Crippen molar-refractivity contribution in [2.24, 2.45) is 0 Å². The van der Waals surface area contributed by atoms with Gasteiger partial charge >= 0.3 is 0 Å². The number of nitrogens with zero attached hydrogens (tertiary/aromatic N) is 2. The van der Waals surface area contributed by atoms with Crippen molar-refractivity contribution >= 4 is 23.2 Å². The fourth-order valence-corrected chi connectivity index (χ4v) is 9.94. The molecule has 11 rings (SSSR count). The van der Waals surface area contributed by atoms with Crippen LogP contribution in [0.25, 0.3) is 0 Å². The van der Waals surface area contributed by atoms with Crippen molar-refractivity contribution in [1.29, 1.82) is 0 Å². The van der Waals surface area contributed by atoms with Crippen LogP contribution in [0.3, 0.4) is 0 Å². The molecule has 0 aromatic heterocycles. The lowest BCUT2D eigenvalue weighted by Gasteiger charge is -2.30. The standard InChI is InChI=1S/C30H25NO4.C29H25NO3/c32-25-19-27-26(34-16-9-17-35-27)18-23(25)28-22-14-7-8-15-24(22)31(30(28)33)29(20-10-3-1-4-11-20)21-12-5-2-6-13-21;1-19-17-23(25(31)18-26(19)33-2)27-22-15-9-10-16-24(22)30(29(27)32)28(20-11-5-3-6-12-20)21-13-7-4-8-14-21/h1-8,10-15,18-19,28-29,32H,9,16-17H2;3-18,27-28,31H,1-2H3. The number of aryl methyl sites for hydroxylation is 1. The first kappa shape index (κ1) is 43.6. The van der Waals surface area contributed by atoms with Crippen molar-refractivity contribution in [3.63, 3.8) is 0 Å². The van der Waals surface area contributed by atoms with Gasteiger partial charge in [-0.3, -0.25) is 19.4 Å². The van der Waals surface area contributed by atoms with Crippen LogP contribution in [0, 0.1) is 6.92 Å². The van der Waals surface area contributed by atoms with E-state index in [0.717, 1.165) is 56.7 Å². The van der Waals surface area contributed by atoms with Crippen molar-refractivity contribution in [3.8, 4) is 28.7 Å². The molecule has 338 valence electrons. The molecule has 0 fully saturated rings. The van der Waals surface area contributed by atoms with Gasteiger partial charge in [-0.05, 0) is 70.1 Å². The Hall–Kier alpha value is -8.30. The first-order valence-electron chi connectivity index (χ1n) is 22.9. The Morgan fingerprint density at radius 2 is 0.853 bits per heavy atom. The molecule has 68 heavy (non-hydrogen) atoms. The molecule has 9 nitrogen and oxygen atoms in total. The van der Waals surface area contributed by atoms with Crippen LogP contribution < -0.4 is 24.0 Å². The van der Waals surface area contributed by atoms with E-state index >= 15 is 0 Å². The lowest BCUT2D eigenvalue weighted by molar-refractivity contribution is -0.119. The number of anilines is 2. The molecule has 2 unspecified atom stereocenters. The van der Waals surface area contributed by atoms with E-state index in [0.29, 0.717) is 41.6 Å². The number of methoxy groups -OCH3 is 1. The molecule has 0 aliphatic carbocycles. The van der Waals surface area contributed by atoms with Gasteiger partial charge in [0.05, 0.1) is 44.2 Å². The van der Waals surface area contributed by atoms with Gasteiger partial charge in [0.1, 0.15) is 17.2 Å². The molecule has 8 aromatic rings. The number of aromatic hydroxyl groups is 2. The molecular formula is C59H50N2O7. The van der Waals surface area contributed by atoms with E-state index in [-0.39, 0.29) is 35.4 Å². The highest BCUT2D eigenvalue weighted by Crippen LogP contribution is 2.52. The molecule has 2 N–H and O–H groups in total. The number of carbonyl (C=O) groups is 2. The van der Waals surface area contributed by atoms with Crippen molar-refractivity contribution in [3.05, 3.63) is 244 Å². The molecule has 2 atom stereocenters. The number of phenolic OH excluding ortho intramolecular Hbond substituents is 2. The van der Waals surface area contributed by atoms with Crippen LogP contribution in [0.4, 0.5) is 11.4 Å². The third-order valence-electron chi connectivity index (χ3n) is 13.0. The molecule has 0 spiro atoms. The van der Waals surface area contributed by atoms with Gasteiger partial charge in [0, 0.05) is 41.1 Å². The fraction of sp³-hybridized carbons (Fsp3) is 0.153. The monoisotopic (exact) mass is 898 g/mol. The van der Waals surface area contributed by atoms with Crippen molar-refractivity contribution in [2.45, 2.75) is 37.3 Å². The van der Waals surface area contributed by atoms with E-state index in [1.807, 2.05) is 168 Å². The quantitative estimate of drug-likeness (QED) is 0.148. The average Bonchev–Trinajstić information content (AvgIpc) is 3.69. The molecule has 8 aromatic carbocycles. The number of carbonyl (C=O) groups excluding carboxylic acids is 2. The molecular weight excluding hydrogens is 849 g/mol. The second-order valence-electron chi connectivity index (χ2n) is 17.1. The largest absolute Gasteiger partial charge is 0.507 e. The number of rotatable bonds is 9. The first-order chi connectivity index (χ1) is 33.3. The summed E-state index contributed by atoms with van der Waals surface area (Å²) in [6.45, 7) is 2.98. The van der Waals surface area contributed by atoms with Crippen LogP contribution in [0.15, 0.2) is 194 Å². The van der Waals surface area contributed by atoms with Gasteiger partial charge in [-0.15, -0.1) is 0 Å². The van der Waals surface area contributed by atoms with Gasteiger partial charge in [0.2, 0.25) is 11.8 Å². The normalized spacial score (nSPS) is 15.9. The van der Waals surface area contributed by atoms with Crippen LogP contribution in [0.5, 0.6) is 28.7 Å². The summed E-state index contributed by atoms with van der Waals surface area (Å²) in [6.07, 6.45) is 0.763. The van der Waals surface area contributed by atoms with Gasteiger partial charge in [-0.25, -0.2) is 0 Å². The Kier molecular flexibility index (Phi) is 12.1. The van der Waals surface area contributed by atoms with Crippen LogP contribution in [0.2, 0.25) is 0 Å². The highest BCUT2D eigenvalue weighted by atomic mass is 16.5. The summed E-state index contributed by atoms with van der Waals surface area (Å²) in [7, 11) is 1.57. The van der Waals surface area contributed by atoms with E-state index in [1.54, 1.807) is 25.3 Å². The Morgan fingerprint density at radius 1 is 0.485 bits per heavy atom. The summed E-state index contributed by atoms with van der Waals surface area (Å²) in [5, 5.41) is 21.9. The summed E-state index contributed by atoms with van der Waals surface area (Å²) in [6, 6.07) is 62.1. The van der Waals surface area contributed by atoms with E-state index in [2.05, 4.69) is 24.3 Å². The van der Waals surface area contributed by atoms with Crippen molar-refractivity contribution < 1.29 is 34.0 Å². The van der Waals surface area contributed by atoms with Crippen molar-refractivity contribution in [1.82, 2.24) is 0 Å². The molecule has 3 aliphatic rings. The predicted octanol–water partition coefficient (Wildman–Crippen LogP) is 11.8. The maximum atomic E-state index is 14.3. The second-order valence-corrected chi connectivity index (χ2v) is 17.1. The van der Waals surface area contributed by atoms with Gasteiger partial charge in [0.15, 0.2) is 11.5 Å². The molecule has 3 heterocycles. The number of hydrogen-bond donors (Lipinski definition) is 2. The van der Waals surface area contributed by atoms with Crippen LogP contribution in [0.1, 0.15) is 80.4 Å². The maximum absolute atomic E-state index is 14.3. The minimum Gasteiger partial charge on any atom is -0.507 e. The Morgan fingerprint density at radius 3 is 1.28 bits per heavy atom. The molecule has 0 radical (unpaired) electrons. The van der Waals surface area contributed by atoms with E-state index in [1.165, 1.54) is 0 Å². The number of para-hydroxylation sites is 2. The third kappa shape index (κ3) is 8.06. The first-order valence-corrected chi connectivity index (χ1v) is 22.9. The molecule has 0 saturated heterocycles. The molecule has 2 amide bonds. The predicted molar refractivity (Wildman–Crippen MR) is 264 cm³/mol. The minimum absolute atomic E-state index is 0.0280. The highest BCUT2D eigenvalue weighted by Gasteiger charge is 2.45. The summed E-state index contributed by atoms with van der Waals surface area (Å²) in [5.41, 5.74) is 9.53. The molecule has 0 bridgehead atoms. The van der Waals surface area contributed by atoms with Crippen LogP contribution in [-0.2, 0) is 9.59 Å². The SMILES string of the molecule is COc1cc(O)c(C2C(=O)N(C(c3ccccc3)c3ccccc3)c3ccccc32)cc1C.O=C1C(c2cc3c(cc2O)OCCCO3)c2ccccc2N1C(c1ccccc1)c1ccccc1. The smallest absolute Gasteiger partial charge is 0.240 e. The second kappa shape index (κ2) is 18.9. The van der Waals surface area contributed by atoms with Crippen molar-refractivity contribution in [2.75, 3.05) is 30.1 Å². The number of ether oxygens (including phenoxy) is 3. The number of amides is 2. The lowest BCUT2D eigenvalue weighted by atomic mass is 9.90. The fourth-order valence-electron chi connectivity index (χ4n) is 9.94. The van der Waals surface area contributed by atoms with Crippen LogP contribution in [-0.4, -0.2) is 42.4 Å². The van der Waals surface area contributed by atoms with E-state index < -0.39 is 11.8 Å². The zero-order valence-electron chi connectivity index (χ0n) is 37.7. The van der Waals surface area contributed by atoms with Gasteiger partial charge in [-0.2, -0.15) is 0 Å². The van der Waals surface area contributed by atoms with E-state index in [4.69, 9.17) is 14.2 Å². The maximum Gasteiger partial charge on any atom is 0.240 e. The average molecular weight is 899 g/mol. The van der Waals surface area contributed by atoms with Crippen LogP contribution >= 0.6 is 0 Å². The summed E-state index contributed by atoms with van der Waals surface area (Å²) >= 11 is 0. The number of fused-ring (bicyclic) bond motifs is 3. The molecule has 3 aliphatic heterocycles. The number of benzene rings is 8. The Bertz CT molecular complexity index is 3010. The zero-order chi connectivity index (χ0) is 46.7. The van der Waals surface area contributed by atoms with Gasteiger partial charge in [-0.1, -0.05) is 158 Å². The summed E-state index contributed by atoms with van der Waals surface area (Å²) in [5.74, 6) is 0.343. The number of hydrogen-bond acceptors (Lipinski definition) is 7. The third-order valence-corrected chi connectivity index (χ3v) is 13.0. The topological polar surface area (TPSA) is 109 Å². The summed E-state index contributed by atoms with van der Waals surface area (Å²) in [4.78, 5) is 32.2. The zero-order valence-corrected chi connectivity index (χ0v) is 37.7. The summed E-state index contributed by atoms with van der Waals surface area (Å²) < 4.78 is 17.0. The Labute approximate surface area is 396 Å². The molecule has 9 heteroatoms. The number of phenols is 2.